The van der Waals surface area contributed by atoms with Crippen LogP contribution in [0.5, 0.6) is 5.75 Å². The maximum atomic E-state index is 13.7. The predicted octanol–water partition coefficient (Wildman–Crippen LogP) is 2.85. The van der Waals surface area contributed by atoms with Crippen molar-refractivity contribution >= 4 is 14.8 Å². The average Bonchev–Trinajstić information content (AvgIpc) is 2.83. The number of hydrogen-bond donors (Lipinski definition) is 2. The molecule has 0 aliphatic heterocycles. The molecule has 5 nitrogen and oxygen atoms in total. The van der Waals surface area contributed by atoms with E-state index in [-0.39, 0.29) is 5.82 Å². The van der Waals surface area contributed by atoms with Crippen LogP contribution in [0.2, 0.25) is 0 Å². The molecule has 0 aliphatic carbocycles. The van der Waals surface area contributed by atoms with E-state index >= 15 is 0 Å². The highest BCUT2D eigenvalue weighted by atomic mass is 32.3. The zero-order valence-corrected chi connectivity index (χ0v) is 15.9. The highest BCUT2D eigenvalue weighted by Gasteiger charge is 2.19. The molecule has 0 fully saturated rings. The first-order valence-electron chi connectivity index (χ1n) is 7.80. The smallest absolute Gasteiger partial charge is 0.128 e. The topological polar surface area (TPSA) is 62.3 Å². The van der Waals surface area contributed by atoms with Gasteiger partial charge in [-0.15, -0.1) is 0 Å². The Kier molecular flexibility index (Phi) is 5.15. The largest absolute Gasteiger partial charge is 0.496 e. The maximum Gasteiger partial charge on any atom is 0.128 e. The van der Waals surface area contributed by atoms with Gasteiger partial charge in [-0.05, 0) is 43.2 Å². The summed E-state index contributed by atoms with van der Waals surface area (Å²) in [5, 5.41) is 4.29. The lowest BCUT2D eigenvalue weighted by atomic mass is 10.1. The fraction of sp³-hybridized carbons (Fsp3) is 0.471. The summed E-state index contributed by atoms with van der Waals surface area (Å²) in [7, 11) is -0.149. The molecule has 1 aromatic heterocycles. The highest BCUT2D eigenvalue weighted by Crippen LogP contribution is 2.55. The number of rotatable bonds is 7. The molecule has 7 heteroatoms. The monoisotopic (exact) mass is 357 g/mol. The Labute approximate surface area is 143 Å². The third-order valence-corrected chi connectivity index (χ3v) is 4.55. The molecule has 136 valence electrons. The van der Waals surface area contributed by atoms with Gasteiger partial charge in [0.25, 0.3) is 0 Å². The van der Waals surface area contributed by atoms with Crippen LogP contribution in [-0.2, 0) is 11.3 Å². The van der Waals surface area contributed by atoms with Crippen LogP contribution < -0.4 is 10.5 Å². The molecule has 0 saturated heterocycles. The number of nitrogens with zero attached hydrogens (tertiary/aromatic N) is 2. The Hall–Kier alpha value is -1.73. The van der Waals surface area contributed by atoms with E-state index < -0.39 is 9.16 Å². The average molecular weight is 357 g/mol. The van der Waals surface area contributed by atoms with E-state index in [1.54, 1.807) is 24.1 Å². The van der Waals surface area contributed by atoms with Crippen LogP contribution in [0.15, 0.2) is 24.4 Å². The summed E-state index contributed by atoms with van der Waals surface area (Å²) in [6, 6.07) is 4.35. The summed E-state index contributed by atoms with van der Waals surface area (Å²) in [5.74, 6) is 0.960. The van der Waals surface area contributed by atoms with E-state index in [1.165, 1.54) is 12.1 Å². The van der Waals surface area contributed by atoms with Crippen molar-refractivity contribution in [2.45, 2.75) is 6.54 Å². The van der Waals surface area contributed by atoms with Gasteiger partial charge in [0, 0.05) is 5.56 Å². The molecule has 2 rings (SSSR count). The normalized spacial score (nSPS) is 13.5. The van der Waals surface area contributed by atoms with E-state index in [2.05, 4.69) is 30.1 Å². The van der Waals surface area contributed by atoms with Gasteiger partial charge in [-0.2, -0.15) is 5.10 Å². The van der Waals surface area contributed by atoms with Crippen LogP contribution in [0.3, 0.4) is 0 Å². The minimum atomic E-state index is -1.70. The second kappa shape index (κ2) is 6.64. The predicted molar refractivity (Wildman–Crippen MR) is 102 cm³/mol. The molecular formula is C17H28FN3O2S. The van der Waals surface area contributed by atoms with Crippen LogP contribution in [-0.4, -0.2) is 54.5 Å². The van der Waals surface area contributed by atoms with Crippen LogP contribution in [0.25, 0.3) is 11.3 Å². The molecular weight excluding hydrogens is 329 g/mol. The Morgan fingerprint density at radius 2 is 1.96 bits per heavy atom. The molecule has 1 heterocycles. The third kappa shape index (κ3) is 4.88. The summed E-state index contributed by atoms with van der Waals surface area (Å²) < 4.78 is 26.6. The SMILES string of the molecule is COc1ccc(F)cc1-c1c(N)cnn1CCOC[SH](C)(C)(C)C. The molecule has 2 aromatic rings. The zero-order valence-electron chi connectivity index (χ0n) is 15.0. The number of anilines is 1. The van der Waals surface area contributed by atoms with E-state index in [4.69, 9.17) is 15.2 Å². The van der Waals surface area contributed by atoms with Gasteiger partial charge in [0.1, 0.15) is 11.6 Å². The van der Waals surface area contributed by atoms with Gasteiger partial charge in [0.15, 0.2) is 0 Å². The van der Waals surface area contributed by atoms with Crippen molar-refractivity contribution in [1.82, 2.24) is 9.78 Å². The lowest BCUT2D eigenvalue weighted by Crippen LogP contribution is -2.19. The van der Waals surface area contributed by atoms with Gasteiger partial charge in [0.2, 0.25) is 0 Å². The minimum Gasteiger partial charge on any atom is -0.496 e. The lowest BCUT2D eigenvalue weighted by molar-refractivity contribution is 0.166. The molecule has 0 atom stereocenters. The number of halogens is 1. The summed E-state index contributed by atoms with van der Waals surface area (Å²) in [6.45, 7) is 1.06. The van der Waals surface area contributed by atoms with Crippen molar-refractivity contribution in [2.24, 2.45) is 0 Å². The Bertz CT molecular complexity index is 713. The number of methoxy groups -OCH3 is 1. The molecule has 0 bridgehead atoms. The molecule has 2 N–H and O–H groups in total. The van der Waals surface area contributed by atoms with Gasteiger partial charge < -0.3 is 15.2 Å². The van der Waals surface area contributed by atoms with Gasteiger partial charge in [-0.3, -0.25) is 13.8 Å². The number of thiol groups is 1. The van der Waals surface area contributed by atoms with Gasteiger partial charge in [0.05, 0.1) is 43.8 Å². The summed E-state index contributed by atoms with van der Waals surface area (Å²) in [5.41, 5.74) is 7.76. The summed E-state index contributed by atoms with van der Waals surface area (Å²) in [4.78, 5) is 0. The van der Waals surface area contributed by atoms with Crippen molar-refractivity contribution in [3.8, 4) is 17.0 Å². The number of benzene rings is 1. The number of nitrogens with two attached hydrogens (primary N) is 1. The van der Waals surface area contributed by atoms with Crippen molar-refractivity contribution in [3.05, 3.63) is 30.2 Å². The van der Waals surface area contributed by atoms with E-state index in [9.17, 15) is 4.39 Å². The number of aromatic nitrogens is 2. The quantitative estimate of drug-likeness (QED) is 0.591. The Morgan fingerprint density at radius 3 is 2.58 bits per heavy atom. The lowest BCUT2D eigenvalue weighted by Gasteiger charge is -2.46. The molecule has 0 unspecified atom stereocenters. The number of nitrogen functional groups attached to an aromatic ring is 1. The highest BCUT2D eigenvalue weighted by molar-refractivity contribution is 8.47. The molecule has 0 amide bonds. The van der Waals surface area contributed by atoms with E-state index in [1.807, 2.05) is 0 Å². The van der Waals surface area contributed by atoms with Gasteiger partial charge in [-0.25, -0.2) is 4.39 Å². The Balaban J connectivity index is 2.19. The second-order valence-corrected chi connectivity index (χ2v) is 16.2. The summed E-state index contributed by atoms with van der Waals surface area (Å²) in [6.07, 6.45) is 10.6. The standard InChI is InChI=1S/C17H28FN3O2S/c1-22-16-7-6-13(18)10-14(16)17-15(19)11-20-21(17)8-9-23-12-24(2,3,4)5/h6-7,10-11,24H,8-9,12,19H2,1-5H3. The van der Waals surface area contributed by atoms with E-state index in [0.717, 1.165) is 5.94 Å². The number of ether oxygens (including phenoxy) is 2. The van der Waals surface area contributed by atoms with Crippen LogP contribution in [0, 0.1) is 5.82 Å². The molecule has 0 aliphatic rings. The van der Waals surface area contributed by atoms with Crippen molar-refractivity contribution in [1.29, 1.82) is 0 Å². The third-order valence-electron chi connectivity index (χ3n) is 3.34. The molecule has 0 saturated carbocycles. The Morgan fingerprint density at radius 1 is 1.25 bits per heavy atom. The fourth-order valence-corrected chi connectivity index (χ4v) is 3.17. The van der Waals surface area contributed by atoms with E-state index in [0.29, 0.717) is 35.8 Å². The van der Waals surface area contributed by atoms with Crippen molar-refractivity contribution < 1.29 is 13.9 Å². The van der Waals surface area contributed by atoms with Crippen LogP contribution >= 0.6 is 9.16 Å². The maximum absolute atomic E-state index is 13.7. The van der Waals surface area contributed by atoms with Crippen molar-refractivity contribution in [3.63, 3.8) is 0 Å². The van der Waals surface area contributed by atoms with Crippen molar-refractivity contribution in [2.75, 3.05) is 50.4 Å². The zero-order chi connectivity index (χ0) is 18.0. The first-order valence-corrected chi connectivity index (χ1v) is 12.0. The van der Waals surface area contributed by atoms with Gasteiger partial charge >= 0.3 is 0 Å². The second-order valence-electron chi connectivity index (χ2n) is 8.00. The fourth-order valence-electron chi connectivity index (χ4n) is 2.31. The van der Waals surface area contributed by atoms with Gasteiger partial charge in [-0.1, -0.05) is 0 Å². The molecule has 1 aromatic carbocycles. The van der Waals surface area contributed by atoms with Crippen LogP contribution in [0.1, 0.15) is 0 Å². The molecule has 0 spiro atoms. The molecule has 24 heavy (non-hydrogen) atoms. The minimum absolute atomic E-state index is 0.347. The van der Waals surface area contributed by atoms with Crippen LogP contribution in [0.4, 0.5) is 10.1 Å². The summed E-state index contributed by atoms with van der Waals surface area (Å²) >= 11 is 0. The first-order chi connectivity index (χ1) is 11.1. The first kappa shape index (κ1) is 18.6. The molecule has 0 radical (unpaired) electrons. The number of hydrogen-bond acceptors (Lipinski definition) is 4.